The van der Waals surface area contributed by atoms with Gasteiger partial charge in [0.25, 0.3) is 0 Å². The fourth-order valence-corrected chi connectivity index (χ4v) is 0.943. The second-order valence-electron chi connectivity index (χ2n) is 2.81. The average Bonchev–Trinajstić information content (AvgIpc) is 1.99. The monoisotopic (exact) mass is 178 g/mol. The zero-order valence-corrected chi connectivity index (χ0v) is 7.50. The number of aliphatic imine (C=N–C) groups is 1. The van der Waals surface area contributed by atoms with Crippen LogP contribution in [0.3, 0.4) is 0 Å². The second kappa shape index (κ2) is 3.35. The predicted octanol–water partition coefficient (Wildman–Crippen LogP) is 0.346. The average molecular weight is 178 g/mol. The molecule has 0 aliphatic heterocycles. The predicted molar refractivity (Wildman–Crippen MR) is 49.2 cm³/mol. The first kappa shape index (κ1) is 9.38. The van der Waals surface area contributed by atoms with Gasteiger partial charge in [-0.15, -0.1) is 0 Å². The summed E-state index contributed by atoms with van der Waals surface area (Å²) in [5.41, 5.74) is 6.84. The maximum absolute atomic E-state index is 11.2. The third kappa shape index (κ3) is 2.11. The highest BCUT2D eigenvalue weighted by atomic mass is 16.1. The number of amides is 1. The first-order chi connectivity index (χ1) is 6.00. The van der Waals surface area contributed by atoms with Crippen LogP contribution in [0.5, 0.6) is 0 Å². The molecule has 1 aliphatic rings. The minimum Gasteiger partial charge on any atom is -0.398 e. The minimum atomic E-state index is -0.402. The molecule has 1 amide bonds. The Labute approximate surface area is 75.8 Å². The zero-order valence-electron chi connectivity index (χ0n) is 7.50. The van der Waals surface area contributed by atoms with Crippen molar-refractivity contribution in [1.82, 2.24) is 0 Å². The normalized spacial score (nSPS) is 19.8. The molecule has 1 aliphatic carbocycles. The fourth-order valence-electron chi connectivity index (χ4n) is 0.943. The van der Waals surface area contributed by atoms with Crippen LogP contribution in [-0.2, 0) is 9.59 Å². The van der Waals surface area contributed by atoms with Crippen molar-refractivity contribution < 1.29 is 9.59 Å². The third-order valence-electron chi connectivity index (χ3n) is 1.63. The Morgan fingerprint density at radius 1 is 1.46 bits per heavy atom. The lowest BCUT2D eigenvalue weighted by Gasteiger charge is -2.07. The van der Waals surface area contributed by atoms with Crippen LogP contribution >= 0.6 is 0 Å². The largest absolute Gasteiger partial charge is 0.398 e. The van der Waals surface area contributed by atoms with Crippen LogP contribution in [0.15, 0.2) is 28.4 Å². The summed E-state index contributed by atoms with van der Waals surface area (Å²) in [5, 5.41) is 0. The highest BCUT2D eigenvalue weighted by Gasteiger charge is 2.14. The van der Waals surface area contributed by atoms with Gasteiger partial charge in [0, 0.05) is 12.6 Å². The molecule has 0 atom stereocenters. The molecule has 13 heavy (non-hydrogen) atoms. The molecule has 2 N–H and O–H groups in total. The van der Waals surface area contributed by atoms with E-state index in [4.69, 9.17) is 5.73 Å². The van der Waals surface area contributed by atoms with Gasteiger partial charge in [0.2, 0.25) is 11.7 Å². The molecule has 4 heteroatoms. The smallest absolute Gasteiger partial charge is 0.243 e. The molecule has 0 aromatic carbocycles. The van der Waals surface area contributed by atoms with Crippen molar-refractivity contribution in [2.75, 3.05) is 0 Å². The Hall–Kier alpha value is -1.71. The van der Waals surface area contributed by atoms with Gasteiger partial charge in [0.1, 0.15) is 5.71 Å². The molecule has 1 rings (SSSR count). The van der Waals surface area contributed by atoms with E-state index in [1.54, 1.807) is 6.92 Å². The highest BCUT2D eigenvalue weighted by Crippen LogP contribution is 2.09. The van der Waals surface area contributed by atoms with Gasteiger partial charge < -0.3 is 5.73 Å². The summed E-state index contributed by atoms with van der Waals surface area (Å²) in [4.78, 5) is 25.4. The standard InChI is InChI=1S/C9H10N2O2/c1-5-3-9(13)8(4-7(5)10)11-6(2)12/h3-4H,10H2,1-2H3. The lowest BCUT2D eigenvalue weighted by molar-refractivity contribution is -0.116. The molecular formula is C9H10N2O2. The Morgan fingerprint density at radius 3 is 2.62 bits per heavy atom. The lowest BCUT2D eigenvalue weighted by Crippen LogP contribution is -2.18. The summed E-state index contributed by atoms with van der Waals surface area (Å²) in [6.45, 7) is 3.02. The molecule has 0 aromatic rings. The van der Waals surface area contributed by atoms with Gasteiger partial charge in [-0.05, 0) is 24.6 Å². The van der Waals surface area contributed by atoms with Crippen LogP contribution in [0.25, 0.3) is 0 Å². The van der Waals surface area contributed by atoms with E-state index in [9.17, 15) is 9.59 Å². The van der Waals surface area contributed by atoms with Gasteiger partial charge >= 0.3 is 0 Å². The topological polar surface area (TPSA) is 72.5 Å². The summed E-state index contributed by atoms with van der Waals surface area (Å²) in [6.07, 6.45) is 2.79. The maximum atomic E-state index is 11.2. The van der Waals surface area contributed by atoms with E-state index < -0.39 is 5.91 Å². The molecule has 0 unspecified atom stereocenters. The Morgan fingerprint density at radius 2 is 2.08 bits per heavy atom. The van der Waals surface area contributed by atoms with E-state index in [1.807, 2.05) is 0 Å². The number of ketones is 1. The SMILES string of the molecule is CC(=O)N=C1C=C(N)C(C)=CC1=O. The number of carbonyl (C=O) groups excluding carboxylic acids is 2. The first-order valence-electron chi connectivity index (χ1n) is 3.80. The quantitative estimate of drug-likeness (QED) is 0.544. The van der Waals surface area contributed by atoms with E-state index in [0.29, 0.717) is 11.3 Å². The minimum absolute atomic E-state index is 0.107. The molecule has 0 heterocycles. The third-order valence-corrected chi connectivity index (χ3v) is 1.63. The van der Waals surface area contributed by atoms with Crippen LogP contribution in [-0.4, -0.2) is 17.4 Å². The Kier molecular flexibility index (Phi) is 2.41. The second-order valence-corrected chi connectivity index (χ2v) is 2.81. The number of allylic oxidation sites excluding steroid dienone is 3. The van der Waals surface area contributed by atoms with Crippen LogP contribution in [0, 0.1) is 0 Å². The van der Waals surface area contributed by atoms with Crippen molar-refractivity contribution in [3.63, 3.8) is 0 Å². The van der Waals surface area contributed by atoms with Gasteiger partial charge in [-0.2, -0.15) is 0 Å². The van der Waals surface area contributed by atoms with Crippen molar-refractivity contribution in [1.29, 1.82) is 0 Å². The first-order valence-corrected chi connectivity index (χ1v) is 3.80. The Balaban J connectivity index is 3.07. The molecule has 0 saturated carbocycles. The maximum Gasteiger partial charge on any atom is 0.243 e. The summed E-state index contributed by atoms with van der Waals surface area (Å²) >= 11 is 0. The Bertz CT molecular complexity index is 362. The van der Waals surface area contributed by atoms with Crippen molar-refractivity contribution in [2.45, 2.75) is 13.8 Å². The van der Waals surface area contributed by atoms with Crippen LogP contribution in [0.2, 0.25) is 0 Å². The molecule has 0 bridgehead atoms. The molecule has 0 aromatic heterocycles. The van der Waals surface area contributed by atoms with E-state index in [0.717, 1.165) is 0 Å². The summed E-state index contributed by atoms with van der Waals surface area (Å²) in [6, 6.07) is 0. The number of rotatable bonds is 0. The van der Waals surface area contributed by atoms with Gasteiger partial charge in [-0.1, -0.05) is 0 Å². The summed E-state index contributed by atoms with van der Waals surface area (Å²) in [7, 11) is 0. The van der Waals surface area contributed by atoms with E-state index in [-0.39, 0.29) is 11.5 Å². The molecular weight excluding hydrogens is 168 g/mol. The van der Waals surface area contributed by atoms with Gasteiger partial charge in [-0.25, -0.2) is 4.99 Å². The van der Waals surface area contributed by atoms with E-state index >= 15 is 0 Å². The van der Waals surface area contributed by atoms with Crippen LogP contribution in [0.1, 0.15) is 13.8 Å². The molecule has 0 saturated heterocycles. The number of nitrogens with two attached hydrogens (primary N) is 1. The van der Waals surface area contributed by atoms with Gasteiger partial charge in [0.05, 0.1) is 0 Å². The van der Waals surface area contributed by atoms with Crippen molar-refractivity contribution in [3.05, 3.63) is 23.4 Å². The molecule has 4 nitrogen and oxygen atoms in total. The fraction of sp³-hybridized carbons (Fsp3) is 0.222. The number of hydrogen-bond acceptors (Lipinski definition) is 3. The van der Waals surface area contributed by atoms with Crippen LogP contribution in [0.4, 0.5) is 0 Å². The van der Waals surface area contributed by atoms with Crippen molar-refractivity contribution in [3.8, 4) is 0 Å². The zero-order chi connectivity index (χ0) is 10.0. The number of nitrogens with zero attached hydrogens (tertiary/aromatic N) is 1. The summed E-state index contributed by atoms with van der Waals surface area (Å²) < 4.78 is 0. The van der Waals surface area contributed by atoms with Crippen molar-refractivity contribution in [2.24, 2.45) is 10.7 Å². The molecule has 0 spiro atoms. The van der Waals surface area contributed by atoms with Gasteiger partial charge in [0.15, 0.2) is 0 Å². The number of carbonyl (C=O) groups is 2. The summed E-state index contributed by atoms with van der Waals surface area (Å²) in [5.74, 6) is -0.678. The van der Waals surface area contributed by atoms with E-state index in [2.05, 4.69) is 4.99 Å². The molecule has 0 radical (unpaired) electrons. The number of hydrogen-bond donors (Lipinski definition) is 1. The molecule has 68 valence electrons. The molecule has 0 fully saturated rings. The lowest BCUT2D eigenvalue weighted by atomic mass is 10.0. The van der Waals surface area contributed by atoms with Crippen molar-refractivity contribution >= 4 is 17.4 Å². The van der Waals surface area contributed by atoms with E-state index in [1.165, 1.54) is 19.1 Å². The van der Waals surface area contributed by atoms with Crippen LogP contribution < -0.4 is 5.73 Å². The highest BCUT2D eigenvalue weighted by molar-refractivity contribution is 6.50. The van der Waals surface area contributed by atoms with Gasteiger partial charge in [-0.3, -0.25) is 9.59 Å².